The fourth-order valence-electron chi connectivity index (χ4n) is 4.56. The topological polar surface area (TPSA) is 106 Å². The predicted molar refractivity (Wildman–Crippen MR) is 131 cm³/mol. The summed E-state index contributed by atoms with van der Waals surface area (Å²) >= 11 is 0. The summed E-state index contributed by atoms with van der Waals surface area (Å²) in [7, 11) is 0. The summed E-state index contributed by atoms with van der Waals surface area (Å²) < 4.78 is 3.39. The molecule has 1 atom stereocenters. The van der Waals surface area contributed by atoms with Crippen LogP contribution in [0.4, 0.5) is 11.6 Å². The van der Waals surface area contributed by atoms with E-state index in [0.29, 0.717) is 37.2 Å². The number of benzene rings is 1. The van der Waals surface area contributed by atoms with E-state index >= 15 is 0 Å². The van der Waals surface area contributed by atoms with Gasteiger partial charge in [-0.3, -0.25) is 14.4 Å². The van der Waals surface area contributed by atoms with Crippen LogP contribution in [0.3, 0.4) is 0 Å². The van der Waals surface area contributed by atoms with Crippen molar-refractivity contribution in [2.24, 2.45) is 10.7 Å². The molecule has 0 aliphatic carbocycles. The van der Waals surface area contributed by atoms with Crippen molar-refractivity contribution in [3.63, 3.8) is 0 Å². The molecule has 2 aliphatic rings. The van der Waals surface area contributed by atoms with E-state index in [1.807, 2.05) is 28.8 Å². The maximum Gasteiger partial charge on any atom is 0.293 e. The molecule has 0 bridgehead atoms. The third-order valence-electron chi connectivity index (χ3n) is 6.15. The SMILES string of the molecule is CC#CCn1c(N2CCCC(N)C2)nc2cnn(CC3=NCCNc4ccccc43)c(=O)c21. The lowest BCUT2D eigenvalue weighted by Crippen LogP contribution is -2.44. The molecule has 1 unspecified atom stereocenters. The van der Waals surface area contributed by atoms with Crippen LogP contribution in [0.25, 0.3) is 11.0 Å². The van der Waals surface area contributed by atoms with Crippen molar-refractivity contribution < 1.29 is 0 Å². The lowest BCUT2D eigenvalue weighted by Gasteiger charge is -2.31. The van der Waals surface area contributed by atoms with Crippen LogP contribution in [0.1, 0.15) is 25.3 Å². The van der Waals surface area contributed by atoms with Gasteiger partial charge in [-0.1, -0.05) is 24.1 Å². The minimum Gasteiger partial charge on any atom is -0.383 e. The van der Waals surface area contributed by atoms with E-state index in [9.17, 15) is 4.79 Å². The average molecular weight is 445 g/mol. The molecule has 1 fully saturated rings. The minimum absolute atomic E-state index is 0.0981. The van der Waals surface area contributed by atoms with Crippen LogP contribution < -0.4 is 21.5 Å². The molecule has 3 N–H and O–H groups in total. The van der Waals surface area contributed by atoms with E-state index in [1.165, 1.54) is 4.68 Å². The Morgan fingerprint density at radius 1 is 1.30 bits per heavy atom. The van der Waals surface area contributed by atoms with Crippen molar-refractivity contribution in [3.05, 3.63) is 46.4 Å². The molecule has 9 heteroatoms. The summed E-state index contributed by atoms with van der Waals surface area (Å²) in [6.45, 7) is 5.45. The third kappa shape index (κ3) is 4.10. The number of aliphatic imine (C=N–C) groups is 1. The zero-order chi connectivity index (χ0) is 22.8. The molecule has 33 heavy (non-hydrogen) atoms. The number of rotatable bonds is 4. The number of nitrogens with one attached hydrogen (secondary N) is 1. The molecule has 2 aliphatic heterocycles. The van der Waals surface area contributed by atoms with Crippen LogP contribution in [0, 0.1) is 11.8 Å². The molecule has 4 heterocycles. The highest BCUT2D eigenvalue weighted by Gasteiger charge is 2.24. The first-order chi connectivity index (χ1) is 16.2. The van der Waals surface area contributed by atoms with Gasteiger partial charge >= 0.3 is 0 Å². The molecule has 1 saturated heterocycles. The fraction of sp³-hybridized carbons (Fsp3) is 0.417. The van der Waals surface area contributed by atoms with Crippen molar-refractivity contribution in [2.45, 2.75) is 38.9 Å². The minimum atomic E-state index is -0.192. The summed E-state index contributed by atoms with van der Waals surface area (Å²) in [6.07, 6.45) is 3.67. The zero-order valence-corrected chi connectivity index (χ0v) is 18.8. The summed E-state index contributed by atoms with van der Waals surface area (Å²) in [5.74, 6) is 6.77. The number of imidazole rings is 1. The molecular weight excluding hydrogens is 416 g/mol. The first-order valence-corrected chi connectivity index (χ1v) is 11.4. The van der Waals surface area contributed by atoms with E-state index < -0.39 is 0 Å². The van der Waals surface area contributed by atoms with Gasteiger partial charge in [0.05, 0.1) is 31.5 Å². The molecule has 5 rings (SSSR count). The summed E-state index contributed by atoms with van der Waals surface area (Å²) in [4.78, 5) is 25.3. The Bertz CT molecular complexity index is 1330. The predicted octanol–water partition coefficient (Wildman–Crippen LogP) is 1.46. The smallest absolute Gasteiger partial charge is 0.293 e. The first-order valence-electron chi connectivity index (χ1n) is 11.4. The molecule has 170 valence electrons. The van der Waals surface area contributed by atoms with Gasteiger partial charge in [-0.15, -0.1) is 5.92 Å². The van der Waals surface area contributed by atoms with Gasteiger partial charge in [0.25, 0.3) is 5.56 Å². The van der Waals surface area contributed by atoms with Gasteiger partial charge < -0.3 is 16.0 Å². The maximum atomic E-state index is 13.6. The number of anilines is 2. The monoisotopic (exact) mass is 444 g/mol. The highest BCUT2D eigenvalue weighted by Crippen LogP contribution is 2.23. The normalized spacial score (nSPS) is 18.1. The third-order valence-corrected chi connectivity index (χ3v) is 6.15. The molecular formula is C24H28N8O. The van der Waals surface area contributed by atoms with Gasteiger partial charge in [0.1, 0.15) is 11.0 Å². The lowest BCUT2D eigenvalue weighted by molar-refractivity contribution is 0.496. The molecule has 0 saturated carbocycles. The number of nitrogens with two attached hydrogens (primary N) is 1. The Balaban J connectivity index is 1.58. The molecule has 0 radical (unpaired) electrons. The lowest BCUT2D eigenvalue weighted by atomic mass is 10.1. The van der Waals surface area contributed by atoms with Gasteiger partial charge in [-0.2, -0.15) is 5.10 Å². The Morgan fingerprint density at radius 2 is 2.18 bits per heavy atom. The number of nitrogens with zero attached hydrogens (tertiary/aromatic N) is 6. The van der Waals surface area contributed by atoms with Crippen molar-refractivity contribution in [3.8, 4) is 11.8 Å². The van der Waals surface area contributed by atoms with Crippen molar-refractivity contribution in [2.75, 3.05) is 36.4 Å². The fourth-order valence-corrected chi connectivity index (χ4v) is 4.56. The van der Waals surface area contributed by atoms with Gasteiger partial charge in [-0.25, -0.2) is 9.67 Å². The number of piperidine rings is 1. The van der Waals surface area contributed by atoms with E-state index in [-0.39, 0.29) is 11.6 Å². The van der Waals surface area contributed by atoms with E-state index in [4.69, 9.17) is 15.7 Å². The molecule has 3 aromatic rings. The number of benzodiazepines with no additional fused rings is 1. The summed E-state index contributed by atoms with van der Waals surface area (Å²) in [5, 5.41) is 7.84. The standard InChI is InChI=1S/C24H28N8O/c1-2-3-13-31-22-20(29-24(31)30-12-6-7-17(25)15-30)14-28-32(23(22)33)16-21-18-8-4-5-9-19(18)26-10-11-27-21/h4-5,8-9,14,17,26H,6-7,10-13,15-16,25H2,1H3. The molecule has 0 spiro atoms. The number of para-hydroxylation sites is 1. The second kappa shape index (κ2) is 9.08. The maximum absolute atomic E-state index is 13.6. The largest absolute Gasteiger partial charge is 0.383 e. The Morgan fingerprint density at radius 3 is 3.03 bits per heavy atom. The second-order valence-corrected chi connectivity index (χ2v) is 8.42. The Hall–Kier alpha value is -3.64. The van der Waals surface area contributed by atoms with Crippen molar-refractivity contribution in [1.29, 1.82) is 0 Å². The summed E-state index contributed by atoms with van der Waals surface area (Å²) in [6, 6.07) is 8.13. The number of fused-ring (bicyclic) bond motifs is 2. The Kier molecular flexibility index (Phi) is 5.84. The number of hydrogen-bond donors (Lipinski definition) is 2. The Labute approximate surface area is 192 Å². The van der Waals surface area contributed by atoms with Crippen LogP contribution in [0.2, 0.25) is 0 Å². The van der Waals surface area contributed by atoms with Gasteiger partial charge in [-0.05, 0) is 25.8 Å². The quantitative estimate of drug-likeness (QED) is 0.590. The molecule has 2 aromatic heterocycles. The van der Waals surface area contributed by atoms with E-state index in [0.717, 1.165) is 48.8 Å². The van der Waals surface area contributed by atoms with Crippen molar-refractivity contribution >= 4 is 28.4 Å². The van der Waals surface area contributed by atoms with Crippen LogP contribution >= 0.6 is 0 Å². The van der Waals surface area contributed by atoms with Crippen LogP contribution in [-0.4, -0.2) is 57.3 Å². The van der Waals surface area contributed by atoms with Gasteiger partial charge in [0, 0.05) is 36.9 Å². The second-order valence-electron chi connectivity index (χ2n) is 8.42. The molecule has 1 aromatic carbocycles. The number of aromatic nitrogens is 4. The molecule has 9 nitrogen and oxygen atoms in total. The average Bonchev–Trinajstić information content (AvgIpc) is 3.08. The van der Waals surface area contributed by atoms with Crippen LogP contribution in [0.5, 0.6) is 0 Å². The number of hydrogen-bond acceptors (Lipinski definition) is 7. The van der Waals surface area contributed by atoms with Crippen molar-refractivity contribution in [1.82, 2.24) is 19.3 Å². The van der Waals surface area contributed by atoms with Gasteiger partial charge in [0.2, 0.25) is 5.95 Å². The zero-order valence-electron chi connectivity index (χ0n) is 18.8. The highest BCUT2D eigenvalue weighted by atomic mass is 16.1. The van der Waals surface area contributed by atoms with E-state index in [1.54, 1.807) is 13.1 Å². The summed E-state index contributed by atoms with van der Waals surface area (Å²) in [5.41, 5.74) is 9.97. The van der Waals surface area contributed by atoms with Gasteiger partial charge in [0.15, 0.2) is 0 Å². The van der Waals surface area contributed by atoms with Crippen LogP contribution in [-0.2, 0) is 13.1 Å². The highest BCUT2D eigenvalue weighted by molar-refractivity contribution is 6.05. The first kappa shape index (κ1) is 21.2. The van der Waals surface area contributed by atoms with E-state index in [2.05, 4.69) is 27.2 Å². The molecule has 0 amide bonds. The van der Waals surface area contributed by atoms with Crippen LogP contribution in [0.15, 0.2) is 40.2 Å².